The summed E-state index contributed by atoms with van der Waals surface area (Å²) in [4.78, 5) is 10.8. The van der Waals surface area contributed by atoms with E-state index < -0.39 is 85.1 Å². The molecule has 0 atom stereocenters. The number of anilines is 1. The molecule has 0 heterocycles. The third-order valence-corrected chi connectivity index (χ3v) is 7.12. The molecule has 0 aliphatic rings. The largest absolute Gasteiger partial charge is 0.398 e. The lowest BCUT2D eigenvalue weighted by molar-refractivity contribution is -0.387. The van der Waals surface area contributed by atoms with Crippen molar-refractivity contribution in [2.75, 3.05) is 5.73 Å². The second-order valence-corrected chi connectivity index (χ2v) is 10.1. The van der Waals surface area contributed by atoms with Crippen molar-refractivity contribution in [3.8, 4) is 44.5 Å². The number of benzene rings is 5. The minimum absolute atomic E-state index is 0.104. The fourth-order valence-corrected chi connectivity index (χ4v) is 5.04. The van der Waals surface area contributed by atoms with Crippen LogP contribution in [0.4, 0.5) is 15.8 Å². The fourth-order valence-electron chi connectivity index (χ4n) is 5.04. The summed E-state index contributed by atoms with van der Waals surface area (Å²) in [7, 11) is 0. The molecule has 0 fully saturated rings. The van der Waals surface area contributed by atoms with E-state index in [0.717, 1.165) is 18.2 Å². The predicted molar refractivity (Wildman–Crippen MR) is 177 cm³/mol. The highest BCUT2D eigenvalue weighted by atomic mass is 19.1. The molecule has 5 aromatic carbocycles. The highest BCUT2D eigenvalue weighted by Crippen LogP contribution is 2.44. The zero-order valence-electron chi connectivity index (χ0n) is 40.5. The Morgan fingerprint density at radius 2 is 1.05 bits per heavy atom. The maximum absolute atomic E-state index is 15.6. The average Bonchev–Trinajstić information content (AvgIpc) is 3.08. The number of nitrogens with zero attached hydrogens (tertiary/aromatic N) is 1. The normalized spacial score (nSPS) is 19.8. The predicted octanol–water partition coefficient (Wildman–Crippen LogP) is 10.6. The highest BCUT2D eigenvalue weighted by Gasteiger charge is 2.24. The molecule has 5 aromatic rings. The number of rotatable bonds is 5. The summed E-state index contributed by atoms with van der Waals surface area (Å²) in [5, 5.41) is 11.6. The van der Waals surface area contributed by atoms with Gasteiger partial charge in [-0.15, -0.1) is 0 Å². The molecule has 0 saturated heterocycles. The summed E-state index contributed by atoms with van der Waals surface area (Å²) in [6.07, 6.45) is 0. The van der Waals surface area contributed by atoms with Gasteiger partial charge in [-0.1, -0.05) is 138 Å². The number of hydrogen-bond donors (Lipinski definition) is 1. The molecule has 4 nitrogen and oxygen atoms in total. The van der Waals surface area contributed by atoms with E-state index in [-0.39, 0.29) is 27.9 Å². The summed E-state index contributed by atoms with van der Waals surface area (Å²) in [6, 6.07) is 22.9. The lowest BCUT2D eigenvalue weighted by Crippen LogP contribution is -2.16. The first-order chi connectivity index (χ1) is 27.8. The van der Waals surface area contributed by atoms with Crippen molar-refractivity contribution in [2.24, 2.45) is 0 Å². The van der Waals surface area contributed by atoms with Crippen LogP contribution in [0.1, 0.15) is 76.9 Å². The molecule has 0 aliphatic heterocycles. The molecule has 0 amide bonds. The van der Waals surface area contributed by atoms with Gasteiger partial charge in [0.15, 0.2) is 0 Å². The second-order valence-electron chi connectivity index (χ2n) is 10.1. The van der Waals surface area contributed by atoms with Crippen molar-refractivity contribution in [3.05, 3.63) is 130 Å². The van der Waals surface area contributed by atoms with Crippen molar-refractivity contribution < 1.29 is 34.0 Å². The molecular formula is C38H37FN2O2. The van der Waals surface area contributed by atoms with Crippen LogP contribution in [-0.2, 0) is 10.8 Å². The Kier molecular flexibility index (Phi) is 3.78. The Labute approximate surface area is 278 Å². The van der Waals surface area contributed by atoms with Gasteiger partial charge < -0.3 is 5.73 Å². The van der Waals surface area contributed by atoms with Gasteiger partial charge in [0.25, 0.3) is 0 Å². The Hall–Kier alpha value is -4.77. The first kappa shape index (κ1) is 14.6. The van der Waals surface area contributed by atoms with E-state index in [0.29, 0.717) is 22.8 Å². The van der Waals surface area contributed by atoms with Crippen LogP contribution in [0.5, 0.6) is 0 Å². The summed E-state index contributed by atoms with van der Waals surface area (Å²) in [5.41, 5.74) is -3.18. The lowest BCUT2D eigenvalue weighted by atomic mass is 9.78. The van der Waals surface area contributed by atoms with E-state index in [1.54, 1.807) is 48.5 Å². The van der Waals surface area contributed by atoms with Gasteiger partial charge in [-0.25, -0.2) is 0 Å². The lowest BCUT2D eigenvalue weighted by Gasteiger charge is -2.27. The third kappa shape index (κ3) is 5.80. The molecule has 0 aliphatic carbocycles. The van der Waals surface area contributed by atoms with Gasteiger partial charge in [-0.2, -0.15) is 4.39 Å². The fraction of sp³-hybridized carbons (Fsp3) is 0.211. The van der Waals surface area contributed by atoms with Gasteiger partial charge >= 0.3 is 5.69 Å². The highest BCUT2D eigenvalue weighted by molar-refractivity contribution is 5.97. The maximum atomic E-state index is 15.6. The summed E-state index contributed by atoms with van der Waals surface area (Å²) >= 11 is 0. The van der Waals surface area contributed by atoms with E-state index in [9.17, 15) is 10.1 Å². The average molecular weight is 591 g/mol. The van der Waals surface area contributed by atoms with Gasteiger partial charge in [0.2, 0.25) is 5.82 Å². The summed E-state index contributed by atoms with van der Waals surface area (Å²) < 4.78 is 166. The van der Waals surface area contributed by atoms with Gasteiger partial charge in [0.05, 0.1) is 4.92 Å². The van der Waals surface area contributed by atoms with E-state index in [1.807, 2.05) is 0 Å². The molecule has 2 N–H and O–H groups in total. The zero-order valence-corrected chi connectivity index (χ0v) is 22.5. The van der Waals surface area contributed by atoms with E-state index >= 15 is 4.39 Å². The van der Waals surface area contributed by atoms with Crippen LogP contribution in [-0.4, -0.2) is 4.92 Å². The molecule has 0 saturated carbocycles. The number of nitrogen functional groups attached to an aromatic ring is 1. The molecular weight excluding hydrogens is 535 g/mol. The molecule has 0 aromatic heterocycles. The van der Waals surface area contributed by atoms with Crippen LogP contribution in [0.3, 0.4) is 0 Å². The molecule has 0 bridgehead atoms. The standard InChI is InChI=1S/C38H37FN2O2/c1-37(2,3)25-21-24(22-26(23-25)38(4,5)6)27-17-11-19-33(36(27)40)31-16-10-8-14-29(31)28-13-7-9-15-30(28)32-18-12-20-34(35(32)39)41(42)43/h7-23H,40H2,1-6H3/i1D3,2D3,3D3,4D3,5D3,6D3. The number of hydrogen-bond acceptors (Lipinski definition) is 3. The number of para-hydroxylation sites is 1. The topological polar surface area (TPSA) is 69.2 Å². The SMILES string of the molecule is [2H]C([2H])([2H])C(c1cc(-c2cccc(-c3ccccc3-c3ccccc3-c3cccc([N+](=O)[O-])c3F)c2N)cc(C(C([2H])([2H])[2H])(C([2H])([2H])[2H])C([2H])([2H])[2H])c1)(C([2H])([2H])[2H])C([2H])([2H])[2H]. The van der Waals surface area contributed by atoms with E-state index in [4.69, 9.17) is 30.4 Å². The van der Waals surface area contributed by atoms with Crippen LogP contribution in [0.25, 0.3) is 44.5 Å². The van der Waals surface area contributed by atoms with Crippen LogP contribution < -0.4 is 5.73 Å². The van der Waals surface area contributed by atoms with Gasteiger partial charge in [-0.3, -0.25) is 10.1 Å². The van der Waals surface area contributed by atoms with Crippen LogP contribution in [0, 0.1) is 15.9 Å². The molecule has 0 unspecified atom stereocenters. The van der Waals surface area contributed by atoms with Crippen molar-refractivity contribution in [3.63, 3.8) is 0 Å². The molecule has 0 spiro atoms. The summed E-state index contributed by atoms with van der Waals surface area (Å²) in [5.74, 6) is -1.10. The molecule has 5 rings (SSSR count). The Balaban J connectivity index is 1.94. The first-order valence-corrected chi connectivity index (χ1v) is 12.9. The van der Waals surface area contributed by atoms with Crippen LogP contribution in [0.2, 0.25) is 0 Å². The molecule has 218 valence electrons. The quantitative estimate of drug-likeness (QED) is 0.126. The number of nitro groups is 1. The third-order valence-electron chi connectivity index (χ3n) is 7.12. The summed E-state index contributed by atoms with van der Waals surface area (Å²) in [6.45, 7) is -23.7. The monoisotopic (exact) mass is 590 g/mol. The Morgan fingerprint density at radius 1 is 0.628 bits per heavy atom. The van der Waals surface area contributed by atoms with Crippen molar-refractivity contribution in [1.29, 1.82) is 0 Å². The van der Waals surface area contributed by atoms with Crippen molar-refractivity contribution in [2.45, 2.75) is 51.9 Å². The minimum atomic E-state index is -3.94. The smallest absolute Gasteiger partial charge is 0.305 e. The zero-order chi connectivity index (χ0) is 46.1. The van der Waals surface area contributed by atoms with Crippen molar-refractivity contribution >= 4 is 11.4 Å². The number of nitrogens with two attached hydrogens (primary N) is 1. The molecule has 43 heavy (non-hydrogen) atoms. The van der Waals surface area contributed by atoms with Crippen molar-refractivity contribution in [1.82, 2.24) is 0 Å². The molecule has 5 heteroatoms. The molecule has 0 radical (unpaired) electrons. The minimum Gasteiger partial charge on any atom is -0.398 e. The number of nitro benzene ring substituents is 1. The Bertz CT molecular complexity index is 2340. The number of halogens is 1. The van der Waals surface area contributed by atoms with E-state index in [1.165, 1.54) is 30.3 Å². The Morgan fingerprint density at radius 3 is 1.56 bits per heavy atom. The second kappa shape index (κ2) is 11.1. The first-order valence-electron chi connectivity index (χ1n) is 21.9. The van der Waals surface area contributed by atoms with Crippen LogP contribution >= 0.6 is 0 Å². The van der Waals surface area contributed by atoms with Gasteiger partial charge in [0.1, 0.15) is 0 Å². The van der Waals surface area contributed by atoms with Gasteiger partial charge in [0, 0.05) is 53.1 Å². The maximum Gasteiger partial charge on any atom is 0.305 e. The van der Waals surface area contributed by atoms with E-state index in [2.05, 4.69) is 0 Å². The van der Waals surface area contributed by atoms with Gasteiger partial charge in [-0.05, 0) is 49.8 Å². The van der Waals surface area contributed by atoms with Crippen LogP contribution in [0.15, 0.2) is 103 Å².